The minimum absolute atomic E-state index is 0.191. The zero-order chi connectivity index (χ0) is 20.5. The van der Waals surface area contributed by atoms with Gasteiger partial charge >= 0.3 is 0 Å². The molecule has 0 unspecified atom stereocenters. The molecular formula is C24H27NO3S. The Morgan fingerprint density at radius 3 is 2.21 bits per heavy atom. The molecule has 5 heteroatoms. The largest absolute Gasteiger partial charge is 0.381 e. The molecule has 0 spiro atoms. The van der Waals surface area contributed by atoms with Crippen molar-refractivity contribution in [2.24, 2.45) is 0 Å². The molecule has 0 N–H and O–H groups in total. The number of hydrogen-bond donors (Lipinski definition) is 0. The number of amides is 2. The molecule has 4 nitrogen and oxygen atoms in total. The maximum Gasteiger partial charge on any atom is 0.267 e. The van der Waals surface area contributed by atoms with E-state index in [0.717, 1.165) is 30.6 Å². The summed E-state index contributed by atoms with van der Waals surface area (Å²) in [6.45, 7) is 3.79. The second-order valence-electron chi connectivity index (χ2n) is 6.93. The third-order valence-electron chi connectivity index (χ3n) is 4.73. The maximum absolute atomic E-state index is 13.1. The Kier molecular flexibility index (Phi) is 8.08. The molecule has 1 aliphatic rings. The van der Waals surface area contributed by atoms with Crippen LogP contribution in [0.5, 0.6) is 0 Å². The van der Waals surface area contributed by atoms with Gasteiger partial charge in [-0.15, -0.1) is 11.8 Å². The van der Waals surface area contributed by atoms with E-state index in [-0.39, 0.29) is 11.8 Å². The SMILES string of the molecule is CCCCOCCCN1C(=O)C(SCc2ccccc2)=C(c2ccccc2)C1=O. The van der Waals surface area contributed by atoms with Crippen LogP contribution in [0.2, 0.25) is 0 Å². The number of benzene rings is 2. The van der Waals surface area contributed by atoms with E-state index in [2.05, 4.69) is 6.92 Å². The van der Waals surface area contributed by atoms with E-state index in [9.17, 15) is 9.59 Å². The molecule has 152 valence electrons. The Balaban J connectivity index is 1.72. The molecule has 2 aromatic rings. The number of hydrogen-bond acceptors (Lipinski definition) is 4. The Hall–Kier alpha value is -2.37. The van der Waals surface area contributed by atoms with Crippen molar-refractivity contribution in [2.75, 3.05) is 19.8 Å². The quantitative estimate of drug-likeness (QED) is 0.391. The van der Waals surface area contributed by atoms with E-state index >= 15 is 0 Å². The molecule has 0 fully saturated rings. The van der Waals surface area contributed by atoms with Gasteiger partial charge in [0, 0.05) is 25.5 Å². The highest BCUT2D eigenvalue weighted by Gasteiger charge is 2.38. The van der Waals surface area contributed by atoms with Crippen LogP contribution in [0.3, 0.4) is 0 Å². The zero-order valence-electron chi connectivity index (χ0n) is 16.8. The van der Waals surface area contributed by atoms with Crippen LogP contribution in [-0.2, 0) is 20.1 Å². The van der Waals surface area contributed by atoms with Gasteiger partial charge in [-0.2, -0.15) is 0 Å². The molecule has 1 heterocycles. The summed E-state index contributed by atoms with van der Waals surface area (Å²) >= 11 is 1.44. The van der Waals surface area contributed by atoms with Gasteiger partial charge in [0.05, 0.1) is 10.5 Å². The lowest BCUT2D eigenvalue weighted by Gasteiger charge is -2.15. The Morgan fingerprint density at radius 2 is 1.52 bits per heavy atom. The van der Waals surface area contributed by atoms with Gasteiger partial charge in [-0.25, -0.2) is 0 Å². The average Bonchev–Trinajstić information content (AvgIpc) is 3.00. The van der Waals surface area contributed by atoms with Crippen molar-refractivity contribution in [1.29, 1.82) is 0 Å². The van der Waals surface area contributed by atoms with Crippen LogP contribution in [0.1, 0.15) is 37.3 Å². The molecule has 29 heavy (non-hydrogen) atoms. The molecule has 0 saturated heterocycles. The summed E-state index contributed by atoms with van der Waals surface area (Å²) in [4.78, 5) is 28.1. The first kappa shape index (κ1) is 21.3. The Morgan fingerprint density at radius 1 is 0.862 bits per heavy atom. The van der Waals surface area contributed by atoms with Crippen LogP contribution in [0.4, 0.5) is 0 Å². The molecule has 3 rings (SSSR count). The van der Waals surface area contributed by atoms with E-state index in [0.29, 0.717) is 35.8 Å². The van der Waals surface area contributed by atoms with Gasteiger partial charge in [0.15, 0.2) is 0 Å². The average molecular weight is 410 g/mol. The number of carbonyl (C=O) groups excluding carboxylic acids is 2. The minimum atomic E-state index is -0.203. The van der Waals surface area contributed by atoms with Crippen molar-refractivity contribution in [3.8, 4) is 0 Å². The van der Waals surface area contributed by atoms with Crippen molar-refractivity contribution in [3.05, 3.63) is 76.7 Å². The van der Waals surface area contributed by atoms with Crippen LogP contribution in [0.25, 0.3) is 5.57 Å². The second kappa shape index (κ2) is 11.0. The van der Waals surface area contributed by atoms with Crippen LogP contribution >= 0.6 is 11.8 Å². The summed E-state index contributed by atoms with van der Waals surface area (Å²) in [5, 5.41) is 0. The fourth-order valence-electron chi connectivity index (χ4n) is 3.15. The van der Waals surface area contributed by atoms with Gasteiger partial charge in [0.1, 0.15) is 0 Å². The normalized spacial score (nSPS) is 14.2. The molecule has 0 atom stereocenters. The first-order valence-corrected chi connectivity index (χ1v) is 11.1. The fourth-order valence-corrected chi connectivity index (χ4v) is 4.24. The van der Waals surface area contributed by atoms with Gasteiger partial charge in [0.2, 0.25) is 0 Å². The predicted octanol–water partition coefficient (Wildman–Crippen LogP) is 4.91. The fraction of sp³-hybridized carbons (Fsp3) is 0.333. The Labute approximate surface area is 176 Å². The summed E-state index contributed by atoms with van der Waals surface area (Å²) in [5.41, 5.74) is 2.44. The number of unbranched alkanes of at least 4 members (excludes halogenated alkanes) is 1. The maximum atomic E-state index is 13.1. The van der Waals surface area contributed by atoms with Gasteiger partial charge in [-0.05, 0) is 24.0 Å². The van der Waals surface area contributed by atoms with Crippen molar-refractivity contribution in [2.45, 2.75) is 31.9 Å². The van der Waals surface area contributed by atoms with E-state index in [4.69, 9.17) is 4.74 Å². The number of carbonyl (C=O) groups is 2. The van der Waals surface area contributed by atoms with Crippen LogP contribution in [0, 0.1) is 0 Å². The monoisotopic (exact) mass is 409 g/mol. The molecule has 2 aromatic carbocycles. The number of thioether (sulfide) groups is 1. The number of rotatable bonds is 11. The van der Waals surface area contributed by atoms with Gasteiger partial charge in [-0.3, -0.25) is 14.5 Å². The summed E-state index contributed by atoms with van der Waals surface area (Å²) in [6.07, 6.45) is 2.77. The van der Waals surface area contributed by atoms with Crippen molar-refractivity contribution < 1.29 is 14.3 Å². The highest BCUT2D eigenvalue weighted by Crippen LogP contribution is 2.37. The molecular weight excluding hydrogens is 382 g/mol. The topological polar surface area (TPSA) is 46.6 Å². The van der Waals surface area contributed by atoms with Crippen molar-refractivity contribution in [1.82, 2.24) is 4.90 Å². The highest BCUT2D eigenvalue weighted by atomic mass is 32.2. The summed E-state index contributed by atoms with van der Waals surface area (Å²) in [6, 6.07) is 19.5. The number of imide groups is 1. The van der Waals surface area contributed by atoms with E-state index in [1.807, 2.05) is 60.7 Å². The third kappa shape index (κ3) is 5.58. The first-order chi connectivity index (χ1) is 14.2. The van der Waals surface area contributed by atoms with Gasteiger partial charge < -0.3 is 4.74 Å². The molecule has 2 amide bonds. The third-order valence-corrected chi connectivity index (χ3v) is 5.87. The lowest BCUT2D eigenvalue weighted by atomic mass is 10.1. The predicted molar refractivity (Wildman–Crippen MR) is 118 cm³/mol. The van der Waals surface area contributed by atoms with E-state index in [1.165, 1.54) is 16.7 Å². The summed E-state index contributed by atoms with van der Waals surface area (Å²) in [5.74, 6) is 0.258. The van der Waals surface area contributed by atoms with Gasteiger partial charge in [0.25, 0.3) is 11.8 Å². The molecule has 0 radical (unpaired) electrons. The van der Waals surface area contributed by atoms with Crippen molar-refractivity contribution in [3.63, 3.8) is 0 Å². The number of nitrogens with zero attached hydrogens (tertiary/aromatic N) is 1. The highest BCUT2D eigenvalue weighted by molar-refractivity contribution is 8.03. The first-order valence-electron chi connectivity index (χ1n) is 10.1. The standard InChI is InChI=1S/C24H27NO3S/c1-2-3-16-28-17-10-15-25-23(26)21(20-13-8-5-9-14-20)22(24(25)27)29-18-19-11-6-4-7-12-19/h4-9,11-14H,2-3,10,15-18H2,1H3. The molecule has 1 aliphatic heterocycles. The lowest BCUT2D eigenvalue weighted by Crippen LogP contribution is -2.33. The van der Waals surface area contributed by atoms with Crippen molar-refractivity contribution >= 4 is 29.1 Å². The zero-order valence-corrected chi connectivity index (χ0v) is 17.6. The summed E-state index contributed by atoms with van der Waals surface area (Å²) < 4.78 is 5.58. The summed E-state index contributed by atoms with van der Waals surface area (Å²) in [7, 11) is 0. The number of ether oxygens (including phenoxy) is 1. The van der Waals surface area contributed by atoms with E-state index < -0.39 is 0 Å². The lowest BCUT2D eigenvalue weighted by molar-refractivity contribution is -0.136. The Bertz CT molecular complexity index is 849. The van der Waals surface area contributed by atoms with Crippen LogP contribution in [0.15, 0.2) is 65.6 Å². The molecule has 0 bridgehead atoms. The molecule has 0 aromatic heterocycles. The minimum Gasteiger partial charge on any atom is -0.381 e. The van der Waals surface area contributed by atoms with Crippen LogP contribution in [-0.4, -0.2) is 36.5 Å². The van der Waals surface area contributed by atoms with Crippen LogP contribution < -0.4 is 0 Å². The second-order valence-corrected chi connectivity index (χ2v) is 7.91. The molecule has 0 saturated carbocycles. The van der Waals surface area contributed by atoms with Gasteiger partial charge in [-0.1, -0.05) is 74.0 Å². The smallest absolute Gasteiger partial charge is 0.267 e. The van der Waals surface area contributed by atoms with E-state index in [1.54, 1.807) is 0 Å². The molecule has 0 aliphatic carbocycles.